The lowest BCUT2D eigenvalue weighted by Crippen LogP contribution is -2.49. The number of ether oxygens (including phenoxy) is 1. The van der Waals surface area contributed by atoms with Gasteiger partial charge in [-0.15, -0.1) is 0 Å². The van der Waals surface area contributed by atoms with Gasteiger partial charge in [0.15, 0.2) is 0 Å². The zero-order chi connectivity index (χ0) is 11.8. The number of hydrogen-bond donors (Lipinski definition) is 1. The maximum absolute atomic E-state index is 5.74. The van der Waals surface area contributed by atoms with Gasteiger partial charge in [-0.05, 0) is 50.4 Å². The van der Waals surface area contributed by atoms with E-state index in [0.717, 1.165) is 26.2 Å². The number of rotatable bonds is 3. The zero-order valence-corrected chi connectivity index (χ0v) is 10.5. The van der Waals surface area contributed by atoms with Crippen LogP contribution in [0.3, 0.4) is 0 Å². The first-order valence-electron chi connectivity index (χ1n) is 5.95. The van der Waals surface area contributed by atoms with Gasteiger partial charge in [-0.1, -0.05) is 17.7 Å². The predicted octanol–water partition coefficient (Wildman–Crippen LogP) is 2.23. The summed E-state index contributed by atoms with van der Waals surface area (Å²) in [6, 6.07) is 4.53. The van der Waals surface area contributed by atoms with Crippen LogP contribution in [0, 0.1) is 20.8 Å². The van der Waals surface area contributed by atoms with Crippen molar-refractivity contribution in [3.8, 4) is 0 Å². The summed E-state index contributed by atoms with van der Waals surface area (Å²) in [6.07, 6.45) is 1.03. The average Bonchev–Trinajstić information content (AvgIpc) is 2.12. The predicted molar refractivity (Wildman–Crippen MR) is 66.8 cm³/mol. The van der Waals surface area contributed by atoms with Gasteiger partial charge in [0.2, 0.25) is 0 Å². The number of nitrogens with two attached hydrogens (primary N) is 1. The van der Waals surface area contributed by atoms with E-state index in [-0.39, 0.29) is 5.41 Å². The second-order valence-electron chi connectivity index (χ2n) is 5.09. The molecular formula is C14H21NO. The molecule has 1 aromatic carbocycles. The SMILES string of the molecule is Cc1cc(C)c(C2(CCN)COC2)c(C)c1. The molecule has 0 atom stereocenters. The molecule has 0 amide bonds. The molecule has 2 heteroatoms. The monoisotopic (exact) mass is 219 g/mol. The lowest BCUT2D eigenvalue weighted by atomic mass is 9.72. The van der Waals surface area contributed by atoms with Crippen LogP contribution in [0.2, 0.25) is 0 Å². The van der Waals surface area contributed by atoms with Crippen molar-refractivity contribution >= 4 is 0 Å². The Bertz CT molecular complexity index is 371. The Hall–Kier alpha value is -0.860. The van der Waals surface area contributed by atoms with Crippen LogP contribution in [0.1, 0.15) is 28.7 Å². The van der Waals surface area contributed by atoms with Gasteiger partial charge in [-0.25, -0.2) is 0 Å². The van der Waals surface area contributed by atoms with Gasteiger partial charge >= 0.3 is 0 Å². The molecule has 1 heterocycles. The van der Waals surface area contributed by atoms with Gasteiger partial charge in [0.05, 0.1) is 13.2 Å². The maximum atomic E-state index is 5.74. The molecule has 0 spiro atoms. The second kappa shape index (κ2) is 4.19. The number of aryl methyl sites for hydroxylation is 3. The van der Waals surface area contributed by atoms with Gasteiger partial charge in [0.1, 0.15) is 0 Å². The van der Waals surface area contributed by atoms with Crippen LogP contribution >= 0.6 is 0 Å². The summed E-state index contributed by atoms with van der Waals surface area (Å²) in [6.45, 7) is 8.94. The average molecular weight is 219 g/mol. The molecule has 0 bridgehead atoms. The van der Waals surface area contributed by atoms with Crippen molar-refractivity contribution in [1.29, 1.82) is 0 Å². The van der Waals surface area contributed by atoms with Crippen molar-refractivity contribution < 1.29 is 4.74 Å². The van der Waals surface area contributed by atoms with E-state index in [1.807, 2.05) is 0 Å². The van der Waals surface area contributed by atoms with Crippen LogP contribution in [0.5, 0.6) is 0 Å². The fraction of sp³-hybridized carbons (Fsp3) is 0.571. The van der Waals surface area contributed by atoms with E-state index in [1.54, 1.807) is 0 Å². The van der Waals surface area contributed by atoms with Crippen molar-refractivity contribution in [2.24, 2.45) is 5.73 Å². The molecule has 1 fully saturated rings. The highest BCUT2D eigenvalue weighted by molar-refractivity contribution is 5.44. The lowest BCUT2D eigenvalue weighted by molar-refractivity contribution is -0.0637. The van der Waals surface area contributed by atoms with Crippen molar-refractivity contribution in [3.63, 3.8) is 0 Å². The minimum Gasteiger partial charge on any atom is -0.379 e. The quantitative estimate of drug-likeness (QED) is 0.846. The van der Waals surface area contributed by atoms with Gasteiger partial charge in [0.25, 0.3) is 0 Å². The highest BCUT2D eigenvalue weighted by Gasteiger charge is 2.41. The van der Waals surface area contributed by atoms with E-state index in [0.29, 0.717) is 0 Å². The summed E-state index contributed by atoms with van der Waals surface area (Å²) < 4.78 is 5.43. The van der Waals surface area contributed by atoms with Crippen molar-refractivity contribution in [2.75, 3.05) is 19.8 Å². The largest absolute Gasteiger partial charge is 0.379 e. The third-order valence-corrected chi connectivity index (χ3v) is 3.59. The topological polar surface area (TPSA) is 35.2 Å². The van der Waals surface area contributed by atoms with Crippen molar-refractivity contribution in [2.45, 2.75) is 32.6 Å². The normalized spacial score (nSPS) is 18.2. The van der Waals surface area contributed by atoms with Crippen LogP contribution in [0.4, 0.5) is 0 Å². The van der Waals surface area contributed by atoms with Crippen molar-refractivity contribution in [1.82, 2.24) is 0 Å². The lowest BCUT2D eigenvalue weighted by Gasteiger charge is -2.43. The Balaban J connectivity index is 2.46. The molecular weight excluding hydrogens is 198 g/mol. The molecule has 0 aromatic heterocycles. The Labute approximate surface area is 97.8 Å². The number of benzene rings is 1. The van der Waals surface area contributed by atoms with E-state index >= 15 is 0 Å². The standard InChI is InChI=1S/C14H21NO/c1-10-6-11(2)13(12(3)7-10)14(4-5-15)8-16-9-14/h6-7H,4-5,8-9,15H2,1-3H3. The van der Waals surface area contributed by atoms with Crippen LogP contribution in [0.15, 0.2) is 12.1 Å². The molecule has 16 heavy (non-hydrogen) atoms. The molecule has 1 aliphatic heterocycles. The van der Waals surface area contributed by atoms with Crippen LogP contribution in [-0.2, 0) is 10.2 Å². The molecule has 0 aliphatic carbocycles. The first-order chi connectivity index (χ1) is 7.59. The third-order valence-electron chi connectivity index (χ3n) is 3.59. The maximum Gasteiger partial charge on any atom is 0.0586 e. The molecule has 1 aliphatic rings. The summed E-state index contributed by atoms with van der Waals surface area (Å²) in [5.41, 5.74) is 11.5. The Kier molecular flexibility index (Phi) is 3.04. The van der Waals surface area contributed by atoms with E-state index in [1.165, 1.54) is 22.3 Å². The summed E-state index contributed by atoms with van der Waals surface area (Å²) >= 11 is 0. The first kappa shape index (κ1) is 11.6. The van der Waals surface area contributed by atoms with Gasteiger partial charge in [0, 0.05) is 5.41 Å². The molecule has 88 valence electrons. The zero-order valence-electron chi connectivity index (χ0n) is 10.5. The molecule has 2 N–H and O–H groups in total. The Morgan fingerprint density at radius 2 is 1.75 bits per heavy atom. The van der Waals surface area contributed by atoms with Gasteiger partial charge in [-0.3, -0.25) is 0 Å². The Morgan fingerprint density at radius 3 is 2.12 bits per heavy atom. The minimum absolute atomic E-state index is 0.191. The minimum atomic E-state index is 0.191. The fourth-order valence-corrected chi connectivity index (χ4v) is 3.05. The first-order valence-corrected chi connectivity index (χ1v) is 5.95. The fourth-order valence-electron chi connectivity index (χ4n) is 3.05. The molecule has 0 radical (unpaired) electrons. The summed E-state index contributed by atoms with van der Waals surface area (Å²) in [5.74, 6) is 0. The van der Waals surface area contributed by atoms with Crippen LogP contribution in [-0.4, -0.2) is 19.8 Å². The second-order valence-corrected chi connectivity index (χ2v) is 5.09. The molecule has 1 aromatic rings. The molecule has 2 nitrogen and oxygen atoms in total. The van der Waals surface area contributed by atoms with Crippen LogP contribution < -0.4 is 5.73 Å². The highest BCUT2D eigenvalue weighted by atomic mass is 16.5. The molecule has 0 unspecified atom stereocenters. The van der Waals surface area contributed by atoms with Gasteiger partial charge in [-0.2, -0.15) is 0 Å². The molecule has 1 saturated heterocycles. The van der Waals surface area contributed by atoms with E-state index < -0.39 is 0 Å². The summed E-state index contributed by atoms with van der Waals surface area (Å²) in [5, 5.41) is 0. The van der Waals surface area contributed by atoms with Crippen molar-refractivity contribution in [3.05, 3.63) is 34.4 Å². The molecule has 2 rings (SSSR count). The summed E-state index contributed by atoms with van der Waals surface area (Å²) in [7, 11) is 0. The smallest absolute Gasteiger partial charge is 0.0586 e. The van der Waals surface area contributed by atoms with E-state index in [4.69, 9.17) is 10.5 Å². The van der Waals surface area contributed by atoms with Crippen LogP contribution in [0.25, 0.3) is 0 Å². The molecule has 0 saturated carbocycles. The van der Waals surface area contributed by atoms with E-state index in [2.05, 4.69) is 32.9 Å². The highest BCUT2D eigenvalue weighted by Crippen LogP contribution is 2.39. The van der Waals surface area contributed by atoms with Gasteiger partial charge < -0.3 is 10.5 Å². The summed E-state index contributed by atoms with van der Waals surface area (Å²) in [4.78, 5) is 0. The third kappa shape index (κ3) is 1.76. The Morgan fingerprint density at radius 1 is 1.19 bits per heavy atom. The van der Waals surface area contributed by atoms with E-state index in [9.17, 15) is 0 Å². The number of hydrogen-bond acceptors (Lipinski definition) is 2.